The number of likely N-dealkylation sites (tertiary alicyclic amines) is 1. The fourth-order valence-corrected chi connectivity index (χ4v) is 3.06. The number of amides is 2. The van der Waals surface area contributed by atoms with Gasteiger partial charge in [-0.05, 0) is 43.9 Å². The van der Waals surface area contributed by atoms with Crippen molar-refractivity contribution in [1.29, 1.82) is 0 Å². The molecule has 0 aliphatic carbocycles. The van der Waals surface area contributed by atoms with Gasteiger partial charge in [-0.3, -0.25) is 5.32 Å². The second-order valence-electron chi connectivity index (χ2n) is 6.52. The van der Waals surface area contributed by atoms with Gasteiger partial charge in [0.1, 0.15) is 0 Å². The van der Waals surface area contributed by atoms with Gasteiger partial charge in [0.25, 0.3) is 0 Å². The molecule has 0 radical (unpaired) electrons. The van der Waals surface area contributed by atoms with Gasteiger partial charge in [-0.15, -0.1) is 0 Å². The Morgan fingerprint density at radius 1 is 1.36 bits per heavy atom. The van der Waals surface area contributed by atoms with Gasteiger partial charge in [0, 0.05) is 23.7 Å². The van der Waals surface area contributed by atoms with Gasteiger partial charge in [0.05, 0.1) is 5.69 Å². The lowest BCUT2D eigenvalue weighted by atomic mass is 9.91. The topological polar surface area (TPSA) is 58.4 Å². The molecule has 5 nitrogen and oxygen atoms in total. The number of nitrogens with zero attached hydrogens (tertiary/aromatic N) is 2. The van der Waals surface area contributed by atoms with Crippen LogP contribution in [0.3, 0.4) is 0 Å². The van der Waals surface area contributed by atoms with E-state index in [0.29, 0.717) is 24.9 Å². The molecule has 132 valence electrons. The molecule has 0 spiro atoms. The summed E-state index contributed by atoms with van der Waals surface area (Å²) in [7, 11) is 0. The van der Waals surface area contributed by atoms with E-state index in [1.807, 2.05) is 43.0 Å². The van der Waals surface area contributed by atoms with Crippen LogP contribution in [-0.2, 0) is 0 Å². The highest BCUT2D eigenvalue weighted by Crippen LogP contribution is 2.26. The fourth-order valence-electron chi connectivity index (χ4n) is 2.93. The van der Waals surface area contributed by atoms with Crippen LogP contribution in [0.25, 0.3) is 6.08 Å². The van der Waals surface area contributed by atoms with Crippen molar-refractivity contribution in [2.45, 2.75) is 27.2 Å². The summed E-state index contributed by atoms with van der Waals surface area (Å²) in [5, 5.41) is 7.42. The molecule has 3 rings (SSSR count). The van der Waals surface area contributed by atoms with Crippen LogP contribution in [-0.4, -0.2) is 29.2 Å². The van der Waals surface area contributed by atoms with Crippen molar-refractivity contribution in [2.75, 3.05) is 18.4 Å². The second kappa shape index (κ2) is 7.31. The van der Waals surface area contributed by atoms with Gasteiger partial charge in [-0.1, -0.05) is 47.5 Å². The van der Waals surface area contributed by atoms with Crippen molar-refractivity contribution in [2.24, 2.45) is 5.92 Å². The second-order valence-corrected chi connectivity index (χ2v) is 6.96. The highest BCUT2D eigenvalue weighted by Gasteiger charge is 2.25. The zero-order chi connectivity index (χ0) is 18.0. The predicted octanol–water partition coefficient (Wildman–Crippen LogP) is 4.90. The Morgan fingerprint density at radius 3 is 2.68 bits per heavy atom. The van der Waals surface area contributed by atoms with E-state index in [1.165, 1.54) is 5.57 Å². The molecule has 1 fully saturated rings. The molecule has 1 atom stereocenters. The number of carbonyl (C=O) groups excluding carboxylic acids is 1. The summed E-state index contributed by atoms with van der Waals surface area (Å²) in [6.07, 6.45) is 3.05. The summed E-state index contributed by atoms with van der Waals surface area (Å²) in [6, 6.07) is 7.66. The van der Waals surface area contributed by atoms with Crippen LogP contribution in [0.15, 0.2) is 34.4 Å². The Balaban J connectivity index is 1.64. The Morgan fingerprint density at radius 2 is 2.08 bits per heavy atom. The number of urea groups is 1. The van der Waals surface area contributed by atoms with Crippen molar-refractivity contribution >= 4 is 29.6 Å². The van der Waals surface area contributed by atoms with Crippen LogP contribution in [0.4, 0.5) is 10.7 Å². The maximum Gasteiger partial charge on any atom is 0.324 e. The van der Waals surface area contributed by atoms with E-state index in [-0.39, 0.29) is 6.03 Å². The van der Waals surface area contributed by atoms with Crippen molar-refractivity contribution in [3.05, 3.63) is 51.7 Å². The lowest BCUT2D eigenvalue weighted by Gasteiger charge is -2.33. The molecule has 1 aliphatic heterocycles. The lowest BCUT2D eigenvalue weighted by molar-refractivity contribution is 0.197. The summed E-state index contributed by atoms with van der Waals surface area (Å²) in [6.45, 7) is 7.24. The zero-order valence-corrected chi connectivity index (χ0v) is 15.4. The molecule has 25 heavy (non-hydrogen) atoms. The number of carbonyl (C=O) groups is 1. The Kier molecular flexibility index (Phi) is 5.13. The summed E-state index contributed by atoms with van der Waals surface area (Å²) >= 11 is 5.93. The third kappa shape index (κ3) is 4.04. The molecule has 1 aromatic carbocycles. The van der Waals surface area contributed by atoms with Crippen LogP contribution in [0.5, 0.6) is 0 Å². The number of piperidine rings is 1. The standard InChI is InChI=1S/C19H22ClN3O2/c1-12-11-23(19(24)21-18-13(2)14(3)22-25-18)9-8-16(12)10-15-4-6-17(20)7-5-15/h4-7,10,12H,8-9,11H2,1-3H3,(H,21,24)/b16-10+. The van der Waals surface area contributed by atoms with E-state index in [2.05, 4.69) is 23.5 Å². The third-order valence-electron chi connectivity index (χ3n) is 4.68. The number of hydrogen-bond donors (Lipinski definition) is 1. The molecule has 1 saturated heterocycles. The first kappa shape index (κ1) is 17.5. The quantitative estimate of drug-likeness (QED) is 0.829. The molecule has 1 aliphatic rings. The molecular formula is C19H22ClN3O2. The normalized spacial score (nSPS) is 19.3. The van der Waals surface area contributed by atoms with Crippen molar-refractivity contribution in [3.63, 3.8) is 0 Å². The van der Waals surface area contributed by atoms with Crippen LogP contribution in [0.2, 0.25) is 5.02 Å². The van der Waals surface area contributed by atoms with Crippen LogP contribution in [0, 0.1) is 19.8 Å². The number of hydrogen-bond acceptors (Lipinski definition) is 3. The average Bonchev–Trinajstić information content (AvgIpc) is 2.90. The monoisotopic (exact) mass is 359 g/mol. The smallest absolute Gasteiger partial charge is 0.324 e. The van der Waals surface area contributed by atoms with Crippen LogP contribution < -0.4 is 5.32 Å². The Hall–Kier alpha value is -2.27. The number of anilines is 1. The Labute approximate surface area is 152 Å². The maximum absolute atomic E-state index is 12.5. The molecule has 2 aromatic rings. The minimum atomic E-state index is -0.142. The van der Waals surface area contributed by atoms with Gasteiger partial charge in [-0.25, -0.2) is 4.79 Å². The van der Waals surface area contributed by atoms with Crippen molar-refractivity contribution in [1.82, 2.24) is 10.1 Å². The molecule has 2 amide bonds. The first-order chi connectivity index (χ1) is 11.9. The predicted molar refractivity (Wildman–Crippen MR) is 99.8 cm³/mol. The van der Waals surface area contributed by atoms with E-state index in [9.17, 15) is 4.79 Å². The summed E-state index contributed by atoms with van der Waals surface area (Å²) in [4.78, 5) is 14.3. The molecule has 0 saturated carbocycles. The van der Waals surface area contributed by atoms with E-state index in [0.717, 1.165) is 28.3 Å². The molecule has 0 bridgehead atoms. The molecule has 1 unspecified atom stereocenters. The third-order valence-corrected chi connectivity index (χ3v) is 4.94. The zero-order valence-electron chi connectivity index (χ0n) is 14.7. The van der Waals surface area contributed by atoms with Crippen molar-refractivity contribution in [3.8, 4) is 0 Å². The van der Waals surface area contributed by atoms with Crippen LogP contribution in [0.1, 0.15) is 30.2 Å². The highest BCUT2D eigenvalue weighted by atomic mass is 35.5. The molecule has 1 aromatic heterocycles. The van der Waals surface area contributed by atoms with Gasteiger partial charge in [-0.2, -0.15) is 0 Å². The summed E-state index contributed by atoms with van der Waals surface area (Å²) < 4.78 is 5.16. The number of rotatable bonds is 2. The Bertz CT molecular complexity index is 796. The van der Waals surface area contributed by atoms with Gasteiger partial charge in [0.15, 0.2) is 0 Å². The number of aryl methyl sites for hydroxylation is 1. The molecule has 1 N–H and O–H groups in total. The first-order valence-corrected chi connectivity index (χ1v) is 8.76. The minimum absolute atomic E-state index is 0.142. The first-order valence-electron chi connectivity index (χ1n) is 8.39. The van der Waals surface area contributed by atoms with Gasteiger partial charge < -0.3 is 9.42 Å². The summed E-state index contributed by atoms with van der Waals surface area (Å²) in [5.41, 5.74) is 4.13. The minimum Gasteiger partial charge on any atom is -0.338 e. The average molecular weight is 360 g/mol. The highest BCUT2D eigenvalue weighted by molar-refractivity contribution is 6.30. The largest absolute Gasteiger partial charge is 0.338 e. The van der Waals surface area contributed by atoms with Gasteiger partial charge >= 0.3 is 6.03 Å². The number of nitrogens with one attached hydrogen (secondary N) is 1. The van der Waals surface area contributed by atoms with E-state index in [4.69, 9.17) is 16.1 Å². The van der Waals surface area contributed by atoms with Crippen molar-refractivity contribution < 1.29 is 9.32 Å². The lowest BCUT2D eigenvalue weighted by Crippen LogP contribution is -2.42. The fraction of sp³-hybridized carbons (Fsp3) is 0.368. The number of halogens is 1. The van der Waals surface area contributed by atoms with Gasteiger partial charge in [0.2, 0.25) is 5.88 Å². The number of aromatic nitrogens is 1. The molecular weight excluding hydrogens is 338 g/mol. The summed E-state index contributed by atoms with van der Waals surface area (Å²) in [5.74, 6) is 0.727. The molecule has 6 heteroatoms. The molecule has 2 heterocycles. The SMILES string of the molecule is Cc1noc(NC(=O)N2CC/C(=C\c3ccc(Cl)cc3)C(C)C2)c1C. The van der Waals surface area contributed by atoms with E-state index < -0.39 is 0 Å². The van der Waals surface area contributed by atoms with E-state index in [1.54, 1.807) is 0 Å². The van der Waals surface area contributed by atoms with Crippen LogP contribution >= 0.6 is 11.6 Å². The van der Waals surface area contributed by atoms with E-state index >= 15 is 0 Å². The maximum atomic E-state index is 12.5. The number of benzene rings is 1.